The molecule has 0 N–H and O–H groups in total. The van der Waals surface area contributed by atoms with E-state index in [9.17, 15) is 0 Å². The second kappa shape index (κ2) is 5.52. The maximum atomic E-state index is 2.33. The first-order valence-electron chi connectivity index (χ1n) is 6.86. The predicted octanol–water partition coefficient (Wildman–Crippen LogP) is 5.07. The summed E-state index contributed by atoms with van der Waals surface area (Å²) in [5, 5.41) is 0. The van der Waals surface area contributed by atoms with E-state index in [1.165, 1.54) is 44.1 Å². The number of rotatable bonds is 3. The Morgan fingerprint density at radius 1 is 1.06 bits per heavy atom. The van der Waals surface area contributed by atoms with Gasteiger partial charge in [0.2, 0.25) is 0 Å². The average Bonchev–Trinajstić information content (AvgIpc) is 2.31. The van der Waals surface area contributed by atoms with E-state index in [2.05, 4.69) is 38.1 Å². The van der Waals surface area contributed by atoms with Gasteiger partial charge in [0.15, 0.2) is 0 Å². The second-order valence-corrected chi connectivity index (χ2v) is 5.36. The van der Waals surface area contributed by atoms with Crippen LogP contribution < -0.4 is 0 Å². The van der Waals surface area contributed by atoms with Gasteiger partial charge in [-0.15, -0.1) is 0 Å². The van der Waals surface area contributed by atoms with E-state index in [4.69, 9.17) is 0 Å². The molecule has 0 heteroatoms. The summed E-state index contributed by atoms with van der Waals surface area (Å²) in [5.41, 5.74) is 3.10. The van der Waals surface area contributed by atoms with Crippen LogP contribution in [0.3, 0.4) is 0 Å². The summed E-state index contributed by atoms with van der Waals surface area (Å²) in [5.74, 6) is 1.86. The van der Waals surface area contributed by atoms with Gasteiger partial charge in [-0.3, -0.25) is 0 Å². The van der Waals surface area contributed by atoms with Crippen LogP contribution in [0.1, 0.15) is 62.5 Å². The predicted molar refractivity (Wildman–Crippen MR) is 70.8 cm³/mol. The Morgan fingerprint density at radius 3 is 2.38 bits per heavy atom. The lowest BCUT2D eigenvalue weighted by molar-refractivity contribution is 0.308. The van der Waals surface area contributed by atoms with Gasteiger partial charge in [0.05, 0.1) is 0 Å². The van der Waals surface area contributed by atoms with Crippen LogP contribution in [0.5, 0.6) is 0 Å². The molecule has 1 aliphatic carbocycles. The lowest BCUT2D eigenvalue weighted by Crippen LogP contribution is -2.13. The highest BCUT2D eigenvalue weighted by atomic mass is 14.3. The van der Waals surface area contributed by atoms with E-state index in [1.807, 2.05) is 0 Å². The van der Waals surface area contributed by atoms with Crippen LogP contribution in [0.2, 0.25) is 0 Å². The molecule has 0 unspecified atom stereocenters. The van der Waals surface area contributed by atoms with E-state index in [0.717, 1.165) is 11.8 Å². The van der Waals surface area contributed by atoms with Crippen molar-refractivity contribution in [1.82, 2.24) is 0 Å². The zero-order valence-electron chi connectivity index (χ0n) is 10.7. The van der Waals surface area contributed by atoms with Crippen molar-refractivity contribution in [2.45, 2.75) is 58.3 Å². The highest BCUT2D eigenvalue weighted by Gasteiger charge is 2.22. The Hall–Kier alpha value is -0.780. The van der Waals surface area contributed by atoms with Gasteiger partial charge in [0.1, 0.15) is 0 Å². The Labute approximate surface area is 100 Å². The summed E-state index contributed by atoms with van der Waals surface area (Å²) in [4.78, 5) is 0. The van der Waals surface area contributed by atoms with Gasteiger partial charge in [-0.25, -0.2) is 0 Å². The molecule has 0 amide bonds. The fourth-order valence-electron chi connectivity index (χ4n) is 3.22. The van der Waals surface area contributed by atoms with Crippen molar-refractivity contribution >= 4 is 0 Å². The molecule has 1 saturated carbocycles. The minimum absolute atomic E-state index is 0.842. The summed E-state index contributed by atoms with van der Waals surface area (Å²) < 4.78 is 0. The molecule has 0 aliphatic heterocycles. The average molecular weight is 216 g/mol. The number of benzene rings is 1. The molecule has 0 radical (unpaired) electrons. The molecule has 0 nitrogen and oxygen atoms in total. The molecular formula is C16H24. The normalized spacial score (nSPS) is 25.6. The summed E-state index contributed by atoms with van der Waals surface area (Å²) in [7, 11) is 0. The van der Waals surface area contributed by atoms with Crippen LogP contribution in [-0.4, -0.2) is 0 Å². The first kappa shape index (κ1) is 11.7. The largest absolute Gasteiger partial charge is 0.0654 e. The lowest BCUT2D eigenvalue weighted by Gasteiger charge is -2.29. The van der Waals surface area contributed by atoms with Gasteiger partial charge >= 0.3 is 0 Å². The van der Waals surface area contributed by atoms with Gasteiger partial charge in [-0.05, 0) is 55.6 Å². The first-order valence-corrected chi connectivity index (χ1v) is 6.86. The third kappa shape index (κ3) is 2.66. The highest BCUT2D eigenvalue weighted by Crippen LogP contribution is 2.38. The van der Waals surface area contributed by atoms with E-state index in [-0.39, 0.29) is 0 Å². The van der Waals surface area contributed by atoms with E-state index in [0.29, 0.717) is 0 Å². The first-order chi connectivity index (χ1) is 7.81. The molecule has 0 aromatic heterocycles. The Balaban J connectivity index is 1.96. The molecule has 1 fully saturated rings. The van der Waals surface area contributed by atoms with Crippen LogP contribution >= 0.6 is 0 Å². The zero-order valence-corrected chi connectivity index (χ0v) is 10.7. The van der Waals surface area contributed by atoms with Crippen molar-refractivity contribution in [3.8, 4) is 0 Å². The number of hydrogen-bond acceptors (Lipinski definition) is 0. The topological polar surface area (TPSA) is 0 Å². The molecule has 2 rings (SSSR count). The molecule has 0 bridgehead atoms. The van der Waals surface area contributed by atoms with Crippen LogP contribution in [0, 0.1) is 12.8 Å². The van der Waals surface area contributed by atoms with E-state index < -0.39 is 0 Å². The quantitative estimate of drug-likeness (QED) is 0.662. The van der Waals surface area contributed by atoms with Gasteiger partial charge < -0.3 is 0 Å². The molecule has 0 spiro atoms. The minimum atomic E-state index is 0.842. The van der Waals surface area contributed by atoms with Gasteiger partial charge in [0, 0.05) is 0 Å². The maximum absolute atomic E-state index is 2.33. The fraction of sp³-hybridized carbons (Fsp3) is 0.625. The molecule has 1 aromatic carbocycles. The number of hydrogen-bond donors (Lipinski definition) is 0. The molecule has 0 heterocycles. The standard InChI is InChI=1S/C16H24/c1-3-6-14-9-11-15(12-10-14)16-8-5-4-7-13(16)2/h4-5,7-8,14-15H,3,6,9-12H2,1-2H3. The molecule has 1 aromatic rings. The van der Waals surface area contributed by atoms with Crippen molar-refractivity contribution in [1.29, 1.82) is 0 Å². The molecule has 1 aliphatic rings. The molecule has 0 saturated heterocycles. The Morgan fingerprint density at radius 2 is 1.75 bits per heavy atom. The SMILES string of the molecule is CCCC1CCC(c2ccccc2C)CC1. The fourth-order valence-corrected chi connectivity index (χ4v) is 3.22. The van der Waals surface area contributed by atoms with Crippen LogP contribution in [0.25, 0.3) is 0 Å². The van der Waals surface area contributed by atoms with Crippen LogP contribution in [0.15, 0.2) is 24.3 Å². The molecule has 0 atom stereocenters. The highest BCUT2D eigenvalue weighted by molar-refractivity contribution is 5.29. The van der Waals surface area contributed by atoms with Gasteiger partial charge in [-0.1, -0.05) is 44.0 Å². The van der Waals surface area contributed by atoms with Gasteiger partial charge in [-0.2, -0.15) is 0 Å². The van der Waals surface area contributed by atoms with Crippen molar-refractivity contribution < 1.29 is 0 Å². The van der Waals surface area contributed by atoms with Gasteiger partial charge in [0.25, 0.3) is 0 Å². The summed E-state index contributed by atoms with van der Waals surface area (Å²) >= 11 is 0. The zero-order chi connectivity index (χ0) is 11.4. The van der Waals surface area contributed by atoms with Crippen molar-refractivity contribution in [3.63, 3.8) is 0 Å². The summed E-state index contributed by atoms with van der Waals surface area (Å²) in [6, 6.07) is 8.94. The lowest BCUT2D eigenvalue weighted by atomic mass is 9.76. The third-order valence-electron chi connectivity index (χ3n) is 4.17. The monoisotopic (exact) mass is 216 g/mol. The van der Waals surface area contributed by atoms with Crippen LogP contribution in [-0.2, 0) is 0 Å². The second-order valence-electron chi connectivity index (χ2n) is 5.36. The third-order valence-corrected chi connectivity index (χ3v) is 4.17. The van der Waals surface area contributed by atoms with Crippen molar-refractivity contribution in [3.05, 3.63) is 35.4 Å². The molecule has 16 heavy (non-hydrogen) atoms. The molecule has 88 valence electrons. The van der Waals surface area contributed by atoms with E-state index >= 15 is 0 Å². The maximum Gasteiger partial charge on any atom is -0.0159 e. The van der Waals surface area contributed by atoms with Crippen molar-refractivity contribution in [2.24, 2.45) is 5.92 Å². The minimum Gasteiger partial charge on any atom is -0.0654 e. The smallest absolute Gasteiger partial charge is 0.0159 e. The Bertz CT molecular complexity index is 319. The summed E-state index contributed by atoms with van der Waals surface area (Å²) in [6.07, 6.45) is 8.53. The number of aryl methyl sites for hydroxylation is 1. The Kier molecular flexibility index (Phi) is 4.04. The summed E-state index contributed by atoms with van der Waals surface area (Å²) in [6.45, 7) is 4.57. The van der Waals surface area contributed by atoms with Crippen molar-refractivity contribution in [2.75, 3.05) is 0 Å². The van der Waals surface area contributed by atoms with E-state index in [1.54, 1.807) is 5.56 Å². The van der Waals surface area contributed by atoms with Crippen LogP contribution in [0.4, 0.5) is 0 Å². The molecular weight excluding hydrogens is 192 g/mol.